The molecule has 0 aliphatic rings. The molecule has 0 bridgehead atoms. The zero-order chi connectivity index (χ0) is 25.0. The van der Waals surface area contributed by atoms with Crippen LogP contribution >= 0.6 is 11.8 Å². The van der Waals surface area contributed by atoms with Gasteiger partial charge in [-0.1, -0.05) is 103 Å². The Kier molecular flexibility index (Phi) is 26.8. The maximum atomic E-state index is 11.7. The quantitative estimate of drug-likeness (QED) is 0.0542. The maximum absolute atomic E-state index is 11.7. The van der Waals surface area contributed by atoms with Gasteiger partial charge in [0.1, 0.15) is 6.61 Å². The summed E-state index contributed by atoms with van der Waals surface area (Å²) in [6, 6.07) is 0. The fourth-order valence-corrected chi connectivity index (χ4v) is 4.47. The van der Waals surface area contributed by atoms with Crippen LogP contribution in [0.5, 0.6) is 0 Å². The summed E-state index contributed by atoms with van der Waals surface area (Å²) in [5.41, 5.74) is 0. The number of ether oxygens (including phenoxy) is 2. The van der Waals surface area contributed by atoms with E-state index < -0.39 is 0 Å². The average molecular weight is 500 g/mol. The van der Waals surface area contributed by atoms with Crippen LogP contribution in [0, 0.1) is 0 Å². The van der Waals surface area contributed by atoms with E-state index in [4.69, 9.17) is 9.47 Å². The number of esters is 2. The zero-order valence-corrected chi connectivity index (χ0v) is 22.5. The Morgan fingerprint density at radius 1 is 0.647 bits per heavy atom. The van der Waals surface area contributed by atoms with Crippen molar-refractivity contribution in [3.63, 3.8) is 0 Å². The molecule has 7 heteroatoms. The Labute approximate surface area is 212 Å². The van der Waals surface area contributed by atoms with Gasteiger partial charge in [0.25, 0.3) is 0 Å². The van der Waals surface area contributed by atoms with Gasteiger partial charge in [-0.3, -0.25) is 9.59 Å². The van der Waals surface area contributed by atoms with Crippen molar-refractivity contribution in [2.45, 2.75) is 122 Å². The molecule has 0 rings (SSSR count). The van der Waals surface area contributed by atoms with Crippen LogP contribution in [0.25, 0.3) is 0 Å². The van der Waals surface area contributed by atoms with E-state index >= 15 is 0 Å². The first-order valence-electron chi connectivity index (χ1n) is 13.6. The van der Waals surface area contributed by atoms with Crippen molar-refractivity contribution in [1.82, 2.24) is 0 Å². The second-order valence-electron chi connectivity index (χ2n) is 8.83. The molecule has 0 radical (unpaired) electrons. The maximum Gasteiger partial charge on any atom is 0.306 e. The van der Waals surface area contributed by atoms with E-state index in [9.17, 15) is 14.4 Å². The monoisotopic (exact) mass is 499 g/mol. The van der Waals surface area contributed by atoms with Crippen LogP contribution in [0.4, 0.5) is 0 Å². The number of nitrogens with zero attached hydrogens (tertiary/aromatic N) is 1. The molecule has 198 valence electrons. The van der Waals surface area contributed by atoms with Gasteiger partial charge in [-0.05, 0) is 6.42 Å². The minimum atomic E-state index is -0.320. The summed E-state index contributed by atoms with van der Waals surface area (Å²) in [6.07, 6.45) is 23.3. The zero-order valence-electron chi connectivity index (χ0n) is 21.7. The molecule has 0 aromatic rings. The van der Waals surface area contributed by atoms with E-state index in [-0.39, 0.29) is 31.5 Å². The Hall–Kier alpha value is -1.33. The highest BCUT2D eigenvalue weighted by molar-refractivity contribution is 7.99. The number of thioether (sulfide) groups is 1. The van der Waals surface area contributed by atoms with E-state index in [0.29, 0.717) is 24.5 Å². The third-order valence-electron chi connectivity index (χ3n) is 5.69. The molecule has 0 fully saturated rings. The molecule has 0 heterocycles. The molecular weight excluding hydrogens is 450 g/mol. The van der Waals surface area contributed by atoms with Gasteiger partial charge in [0.05, 0.1) is 26.0 Å². The summed E-state index contributed by atoms with van der Waals surface area (Å²) in [7, 11) is 0. The minimum Gasteiger partial charge on any atom is -0.466 e. The van der Waals surface area contributed by atoms with Crippen molar-refractivity contribution in [3.05, 3.63) is 0 Å². The summed E-state index contributed by atoms with van der Waals surface area (Å²) in [5, 5.41) is 0. The SMILES string of the molecule is CCCCCCCCCCCCCCCCCCOC(=O)CCSCCC(=O)OCCN=C=O. The molecule has 0 amide bonds. The van der Waals surface area contributed by atoms with Crippen LogP contribution in [0.15, 0.2) is 4.99 Å². The predicted molar refractivity (Wildman–Crippen MR) is 141 cm³/mol. The molecule has 0 saturated heterocycles. The Bertz CT molecular complexity index is 523. The van der Waals surface area contributed by atoms with Gasteiger partial charge in [0.15, 0.2) is 0 Å². The number of aliphatic imine (C=N–C) groups is 1. The highest BCUT2D eigenvalue weighted by Crippen LogP contribution is 2.14. The summed E-state index contributed by atoms with van der Waals surface area (Å²) in [4.78, 5) is 36.3. The summed E-state index contributed by atoms with van der Waals surface area (Å²) in [5.74, 6) is 0.755. The van der Waals surface area contributed by atoms with Crippen molar-refractivity contribution in [3.8, 4) is 0 Å². The number of hydrogen-bond donors (Lipinski definition) is 0. The molecule has 0 atom stereocenters. The van der Waals surface area contributed by atoms with Crippen LogP contribution in [0.3, 0.4) is 0 Å². The smallest absolute Gasteiger partial charge is 0.306 e. The number of carbonyl (C=O) groups is 2. The first-order chi connectivity index (χ1) is 16.7. The fraction of sp³-hybridized carbons (Fsp3) is 0.889. The fourth-order valence-electron chi connectivity index (χ4n) is 3.64. The molecule has 0 unspecified atom stereocenters. The van der Waals surface area contributed by atoms with Gasteiger partial charge < -0.3 is 9.47 Å². The van der Waals surface area contributed by atoms with Gasteiger partial charge in [0.2, 0.25) is 6.08 Å². The molecule has 0 saturated carbocycles. The van der Waals surface area contributed by atoms with E-state index in [2.05, 4.69) is 11.9 Å². The third-order valence-corrected chi connectivity index (χ3v) is 6.68. The summed E-state index contributed by atoms with van der Waals surface area (Å²) in [6.45, 7) is 3.03. The van der Waals surface area contributed by atoms with Gasteiger partial charge >= 0.3 is 11.9 Å². The lowest BCUT2D eigenvalue weighted by atomic mass is 10.0. The first kappa shape index (κ1) is 32.7. The van der Waals surface area contributed by atoms with E-state index in [0.717, 1.165) is 12.8 Å². The number of hydrogen-bond acceptors (Lipinski definition) is 7. The average Bonchev–Trinajstić information content (AvgIpc) is 2.83. The second-order valence-corrected chi connectivity index (χ2v) is 10.1. The van der Waals surface area contributed by atoms with Crippen LogP contribution in [-0.4, -0.2) is 49.3 Å². The molecule has 0 aliphatic carbocycles. The number of isocyanates is 1. The molecule has 0 N–H and O–H groups in total. The highest BCUT2D eigenvalue weighted by atomic mass is 32.2. The molecule has 0 aromatic carbocycles. The molecular formula is C27H49NO5S. The molecule has 6 nitrogen and oxygen atoms in total. The Balaban J connectivity index is 3.23. The number of unbranched alkanes of at least 4 members (excludes halogenated alkanes) is 15. The van der Waals surface area contributed by atoms with Crippen molar-refractivity contribution in [2.75, 3.05) is 31.3 Å². The topological polar surface area (TPSA) is 82.0 Å². The highest BCUT2D eigenvalue weighted by Gasteiger charge is 2.05. The predicted octanol–water partition coefficient (Wildman–Crippen LogP) is 7.18. The largest absolute Gasteiger partial charge is 0.466 e. The van der Waals surface area contributed by atoms with Crippen molar-refractivity contribution < 1.29 is 23.9 Å². The summed E-state index contributed by atoms with van der Waals surface area (Å²) >= 11 is 1.53. The molecule has 0 aliphatic heterocycles. The van der Waals surface area contributed by atoms with Gasteiger partial charge in [-0.25, -0.2) is 9.79 Å². The lowest BCUT2D eigenvalue weighted by Gasteiger charge is -2.06. The first-order valence-corrected chi connectivity index (χ1v) is 14.8. The number of rotatable bonds is 26. The van der Waals surface area contributed by atoms with E-state index in [1.807, 2.05) is 0 Å². The molecule has 0 aromatic heterocycles. The minimum absolute atomic E-state index is 0.102. The third kappa shape index (κ3) is 26.9. The van der Waals surface area contributed by atoms with Crippen LogP contribution in [0.1, 0.15) is 122 Å². The van der Waals surface area contributed by atoms with Gasteiger partial charge in [-0.2, -0.15) is 11.8 Å². The Morgan fingerprint density at radius 2 is 1.06 bits per heavy atom. The molecule has 0 spiro atoms. The van der Waals surface area contributed by atoms with Crippen LogP contribution in [-0.2, 0) is 23.9 Å². The second kappa shape index (κ2) is 27.9. The van der Waals surface area contributed by atoms with Crippen molar-refractivity contribution >= 4 is 29.8 Å². The lowest BCUT2D eigenvalue weighted by molar-refractivity contribution is -0.143. The van der Waals surface area contributed by atoms with Crippen LogP contribution in [0.2, 0.25) is 0 Å². The summed E-state index contributed by atoms with van der Waals surface area (Å²) < 4.78 is 10.2. The Morgan fingerprint density at radius 3 is 1.50 bits per heavy atom. The van der Waals surface area contributed by atoms with Crippen LogP contribution < -0.4 is 0 Å². The van der Waals surface area contributed by atoms with Crippen molar-refractivity contribution in [2.24, 2.45) is 4.99 Å². The van der Waals surface area contributed by atoms with Crippen molar-refractivity contribution in [1.29, 1.82) is 0 Å². The molecule has 34 heavy (non-hydrogen) atoms. The van der Waals surface area contributed by atoms with E-state index in [1.165, 1.54) is 108 Å². The van der Waals surface area contributed by atoms with Gasteiger partial charge in [0, 0.05) is 11.5 Å². The van der Waals surface area contributed by atoms with E-state index in [1.54, 1.807) is 0 Å². The standard InChI is InChI=1S/C27H49NO5S/c1-2-3-4-5-6-7-8-9-10-11-12-13-14-15-16-17-21-32-26(30)18-23-34-24-19-27(31)33-22-20-28-25-29/h2-24H2,1H3. The number of carbonyl (C=O) groups excluding carboxylic acids is 3. The van der Waals surface area contributed by atoms with Gasteiger partial charge in [-0.15, -0.1) is 0 Å². The lowest BCUT2D eigenvalue weighted by Crippen LogP contribution is -2.09. The normalized spacial score (nSPS) is 10.6.